The van der Waals surface area contributed by atoms with Crippen LogP contribution in [-0.4, -0.2) is 65.4 Å². The molecule has 0 saturated carbocycles. The first-order valence-corrected chi connectivity index (χ1v) is 9.62. The van der Waals surface area contributed by atoms with E-state index in [0.717, 1.165) is 58.5 Å². The van der Waals surface area contributed by atoms with Gasteiger partial charge in [-0.15, -0.1) is 0 Å². The van der Waals surface area contributed by atoms with Gasteiger partial charge in [0.2, 0.25) is 11.8 Å². The number of piperidine rings is 2. The highest BCUT2D eigenvalue weighted by Crippen LogP contribution is 2.33. The molecule has 0 aromatic heterocycles. The quantitative estimate of drug-likeness (QED) is 0.740. The zero-order valence-corrected chi connectivity index (χ0v) is 14.7. The Morgan fingerprint density at radius 3 is 2.62 bits per heavy atom. The number of hydrogen-bond donors (Lipinski definition) is 0. The molecule has 2 bridgehead atoms. The highest BCUT2D eigenvalue weighted by molar-refractivity contribution is 5.85. The maximum Gasteiger partial charge on any atom is 0.231 e. The van der Waals surface area contributed by atoms with Crippen molar-refractivity contribution in [2.24, 2.45) is 17.8 Å². The lowest BCUT2D eigenvalue weighted by molar-refractivity contribution is -0.140. The van der Waals surface area contributed by atoms with Crippen LogP contribution in [0.2, 0.25) is 0 Å². The van der Waals surface area contributed by atoms with Crippen LogP contribution in [0.25, 0.3) is 0 Å². The minimum Gasteiger partial charge on any atom is -0.342 e. The van der Waals surface area contributed by atoms with E-state index >= 15 is 0 Å². The number of fused-ring (bicyclic) bond motifs is 2. The van der Waals surface area contributed by atoms with Crippen molar-refractivity contribution >= 4 is 11.8 Å². The second-order valence-corrected chi connectivity index (χ2v) is 8.17. The third-order valence-electron chi connectivity index (χ3n) is 6.32. The zero-order valence-electron chi connectivity index (χ0n) is 14.7. The Hall–Kier alpha value is -1.36. The maximum absolute atomic E-state index is 12.7. The van der Waals surface area contributed by atoms with E-state index in [9.17, 15) is 9.59 Å². The van der Waals surface area contributed by atoms with Crippen molar-refractivity contribution < 1.29 is 9.59 Å². The van der Waals surface area contributed by atoms with Crippen LogP contribution in [-0.2, 0) is 9.59 Å². The van der Waals surface area contributed by atoms with E-state index in [2.05, 4.69) is 28.9 Å². The predicted octanol–water partition coefficient (Wildman–Crippen LogP) is 1.70. The average Bonchev–Trinajstić information content (AvgIpc) is 3.18. The van der Waals surface area contributed by atoms with E-state index in [0.29, 0.717) is 23.8 Å². The number of carbonyl (C=O) groups excluding carboxylic acids is 2. The molecule has 3 fully saturated rings. The normalized spacial score (nSPS) is 34.4. The van der Waals surface area contributed by atoms with Gasteiger partial charge in [-0.25, -0.2) is 0 Å². The molecule has 3 atom stereocenters. The minimum atomic E-state index is 0.134. The zero-order chi connectivity index (χ0) is 16.7. The molecule has 3 heterocycles. The first kappa shape index (κ1) is 16.1. The summed E-state index contributed by atoms with van der Waals surface area (Å²) in [5.74, 6) is 1.64. The summed E-state index contributed by atoms with van der Waals surface area (Å²) >= 11 is 0. The van der Waals surface area contributed by atoms with Crippen molar-refractivity contribution in [3.63, 3.8) is 0 Å². The van der Waals surface area contributed by atoms with Gasteiger partial charge in [0.1, 0.15) is 0 Å². The Morgan fingerprint density at radius 1 is 1.17 bits per heavy atom. The molecule has 0 unspecified atom stereocenters. The van der Waals surface area contributed by atoms with Crippen LogP contribution >= 0.6 is 0 Å². The Bertz CT molecular complexity index is 539. The van der Waals surface area contributed by atoms with Gasteiger partial charge in [0.25, 0.3) is 0 Å². The van der Waals surface area contributed by atoms with Crippen LogP contribution < -0.4 is 0 Å². The molecule has 3 saturated heterocycles. The van der Waals surface area contributed by atoms with E-state index in [1.807, 2.05) is 4.90 Å². The topological polar surface area (TPSA) is 43.9 Å². The first-order valence-electron chi connectivity index (χ1n) is 9.62. The number of rotatable bonds is 3. The molecule has 5 nitrogen and oxygen atoms in total. The van der Waals surface area contributed by atoms with Gasteiger partial charge in [0.15, 0.2) is 0 Å². The van der Waals surface area contributed by atoms with Crippen LogP contribution in [0.4, 0.5) is 0 Å². The van der Waals surface area contributed by atoms with Crippen molar-refractivity contribution in [3.05, 3.63) is 12.2 Å². The summed E-state index contributed by atoms with van der Waals surface area (Å²) in [5.41, 5.74) is 0. The summed E-state index contributed by atoms with van der Waals surface area (Å²) in [5, 5.41) is 0. The fourth-order valence-electron chi connectivity index (χ4n) is 4.83. The fraction of sp³-hybridized carbons (Fsp3) is 0.789. The lowest BCUT2D eigenvalue weighted by Crippen LogP contribution is -2.49. The molecule has 1 aliphatic carbocycles. The van der Waals surface area contributed by atoms with Gasteiger partial charge in [-0.2, -0.15) is 0 Å². The minimum absolute atomic E-state index is 0.134. The molecule has 0 radical (unpaired) electrons. The molecule has 2 amide bonds. The molecule has 0 aromatic rings. The lowest BCUT2D eigenvalue weighted by atomic mass is 9.93. The Kier molecular flexibility index (Phi) is 4.37. The molecule has 24 heavy (non-hydrogen) atoms. The third kappa shape index (κ3) is 2.99. The molecule has 4 aliphatic rings. The molecule has 0 N–H and O–H groups in total. The van der Waals surface area contributed by atoms with E-state index in [1.165, 1.54) is 6.42 Å². The largest absolute Gasteiger partial charge is 0.342 e. The van der Waals surface area contributed by atoms with Crippen molar-refractivity contribution in [2.45, 2.75) is 45.1 Å². The van der Waals surface area contributed by atoms with Crippen molar-refractivity contribution in [2.75, 3.05) is 32.8 Å². The van der Waals surface area contributed by atoms with E-state index in [4.69, 9.17) is 0 Å². The highest BCUT2D eigenvalue weighted by Gasteiger charge is 2.41. The molecule has 4 rings (SSSR count). The third-order valence-corrected chi connectivity index (χ3v) is 6.32. The Labute approximate surface area is 144 Å². The molecule has 3 aliphatic heterocycles. The molecule has 5 heteroatoms. The van der Waals surface area contributed by atoms with E-state index in [-0.39, 0.29) is 11.8 Å². The number of likely N-dealkylation sites (tertiary alicyclic amines) is 3. The lowest BCUT2D eigenvalue weighted by Gasteiger charge is -2.38. The Balaban J connectivity index is 1.27. The van der Waals surface area contributed by atoms with Crippen LogP contribution in [0.5, 0.6) is 0 Å². The second-order valence-electron chi connectivity index (χ2n) is 8.17. The van der Waals surface area contributed by atoms with Gasteiger partial charge in [-0.1, -0.05) is 19.1 Å². The van der Waals surface area contributed by atoms with Gasteiger partial charge in [-0.05, 0) is 38.0 Å². The van der Waals surface area contributed by atoms with Crippen LogP contribution in [0.1, 0.15) is 39.0 Å². The summed E-state index contributed by atoms with van der Waals surface area (Å²) in [6.45, 7) is 6.75. The van der Waals surface area contributed by atoms with E-state index < -0.39 is 0 Å². The van der Waals surface area contributed by atoms with Gasteiger partial charge < -0.3 is 9.80 Å². The molecule has 132 valence electrons. The van der Waals surface area contributed by atoms with Gasteiger partial charge in [-0.3, -0.25) is 14.5 Å². The molecule has 0 aromatic carbocycles. The van der Waals surface area contributed by atoms with Crippen LogP contribution in [0, 0.1) is 17.8 Å². The van der Waals surface area contributed by atoms with E-state index in [1.54, 1.807) is 0 Å². The average molecular weight is 331 g/mol. The maximum atomic E-state index is 12.7. The summed E-state index contributed by atoms with van der Waals surface area (Å²) in [6, 6.07) is 0.316. The number of amides is 2. The van der Waals surface area contributed by atoms with Crippen molar-refractivity contribution in [1.29, 1.82) is 0 Å². The standard InChI is InChI=1S/C19H29N3O2/c1-14-3-2-8-21(12-14)18(23)15-6-9-20(10-7-15)13-22-17-5-4-16(11-17)19(22)24/h4-5,14-17H,2-3,6-13H2,1H3/t14-,16+,17+/m1/s1. The number of carbonyl (C=O) groups is 2. The van der Waals surface area contributed by atoms with Crippen molar-refractivity contribution in [1.82, 2.24) is 14.7 Å². The van der Waals surface area contributed by atoms with Crippen LogP contribution in [0.15, 0.2) is 12.2 Å². The summed E-state index contributed by atoms with van der Waals surface area (Å²) in [6.07, 6.45) is 9.50. The number of hydrogen-bond acceptors (Lipinski definition) is 3. The van der Waals surface area contributed by atoms with Gasteiger partial charge in [0.05, 0.1) is 18.6 Å². The SMILES string of the molecule is C[C@@H]1CCCN(C(=O)C2CCN(CN3C(=O)[C@H]4C=C[C@H]3C4)CC2)C1. The molecule has 0 spiro atoms. The molecular formula is C19H29N3O2. The summed E-state index contributed by atoms with van der Waals surface area (Å²) < 4.78 is 0. The predicted molar refractivity (Wildman–Crippen MR) is 92.0 cm³/mol. The fourth-order valence-corrected chi connectivity index (χ4v) is 4.83. The van der Waals surface area contributed by atoms with Gasteiger partial charge >= 0.3 is 0 Å². The first-order chi connectivity index (χ1) is 11.6. The monoisotopic (exact) mass is 331 g/mol. The van der Waals surface area contributed by atoms with Crippen molar-refractivity contribution in [3.8, 4) is 0 Å². The number of nitrogens with zero attached hydrogens (tertiary/aromatic N) is 3. The summed E-state index contributed by atoms with van der Waals surface area (Å²) in [4.78, 5) is 31.5. The smallest absolute Gasteiger partial charge is 0.231 e. The second kappa shape index (κ2) is 6.51. The Morgan fingerprint density at radius 2 is 1.96 bits per heavy atom. The van der Waals surface area contributed by atoms with Crippen LogP contribution in [0.3, 0.4) is 0 Å². The summed E-state index contributed by atoms with van der Waals surface area (Å²) in [7, 11) is 0. The highest BCUT2D eigenvalue weighted by atomic mass is 16.2. The molecular weight excluding hydrogens is 302 g/mol. The van der Waals surface area contributed by atoms with Gasteiger partial charge in [0, 0.05) is 32.1 Å².